The van der Waals surface area contributed by atoms with Crippen LogP contribution in [0.25, 0.3) is 0 Å². The summed E-state index contributed by atoms with van der Waals surface area (Å²) in [7, 11) is 0. The summed E-state index contributed by atoms with van der Waals surface area (Å²) in [6, 6.07) is 5.60. The van der Waals surface area contributed by atoms with Gasteiger partial charge in [0.25, 0.3) is 5.91 Å². The number of aryl methyl sites for hydroxylation is 1. The van der Waals surface area contributed by atoms with Gasteiger partial charge < -0.3 is 15.5 Å². The molecule has 1 aliphatic carbocycles. The highest BCUT2D eigenvalue weighted by molar-refractivity contribution is 6.33. The lowest BCUT2D eigenvalue weighted by Crippen LogP contribution is -2.41. The average molecular weight is 431 g/mol. The van der Waals surface area contributed by atoms with E-state index >= 15 is 0 Å². The number of benzene rings is 1. The minimum atomic E-state index is -0.178. The number of amides is 3. The van der Waals surface area contributed by atoms with Crippen molar-refractivity contribution in [2.24, 2.45) is 0 Å². The number of halogens is 1. The van der Waals surface area contributed by atoms with Gasteiger partial charge in [0.2, 0.25) is 0 Å². The molecule has 2 aliphatic rings. The zero-order chi connectivity index (χ0) is 21.1. The maximum atomic E-state index is 12.8. The Hall–Kier alpha value is -2.61. The van der Waals surface area contributed by atoms with E-state index in [2.05, 4.69) is 20.9 Å². The van der Waals surface area contributed by atoms with Crippen molar-refractivity contribution >= 4 is 29.2 Å². The topological polar surface area (TPSA) is 92.2 Å². The van der Waals surface area contributed by atoms with Crippen LogP contribution in [0.2, 0.25) is 5.02 Å². The molecule has 30 heavy (non-hydrogen) atoms. The van der Waals surface area contributed by atoms with Crippen molar-refractivity contribution in [3.05, 3.63) is 40.7 Å². The number of aromatic nitrogens is 3. The monoisotopic (exact) mass is 430 g/mol. The van der Waals surface area contributed by atoms with Crippen molar-refractivity contribution in [3.8, 4) is 0 Å². The standard InChI is InChI=1S/C21H27ClN6O2/c1-14-8-9-18(17(22)11-14)24-21(30)28-10-4-7-16(28)12-27-13-19(25-26-27)20(29)23-15-5-2-3-6-15/h8-9,11,13,15-16H,2-7,10,12H2,1H3,(H,23,29)(H,24,30). The summed E-state index contributed by atoms with van der Waals surface area (Å²) in [5.41, 5.74) is 1.96. The molecule has 1 aromatic heterocycles. The normalized spacial score (nSPS) is 19.3. The quantitative estimate of drug-likeness (QED) is 0.757. The summed E-state index contributed by atoms with van der Waals surface area (Å²) in [5.74, 6) is -0.178. The molecule has 1 saturated carbocycles. The van der Waals surface area contributed by atoms with Crippen LogP contribution >= 0.6 is 11.6 Å². The van der Waals surface area contributed by atoms with Crippen LogP contribution in [0.1, 0.15) is 54.6 Å². The van der Waals surface area contributed by atoms with Gasteiger partial charge in [-0.15, -0.1) is 5.10 Å². The molecular weight excluding hydrogens is 404 g/mol. The summed E-state index contributed by atoms with van der Waals surface area (Å²) in [6.45, 7) is 3.12. The van der Waals surface area contributed by atoms with Crippen molar-refractivity contribution in [1.82, 2.24) is 25.2 Å². The molecule has 3 amide bonds. The third-order valence-corrected chi connectivity index (χ3v) is 6.18. The van der Waals surface area contributed by atoms with E-state index in [0.717, 1.165) is 44.1 Å². The fourth-order valence-electron chi connectivity index (χ4n) is 4.24. The van der Waals surface area contributed by atoms with E-state index in [1.54, 1.807) is 15.8 Å². The smallest absolute Gasteiger partial charge is 0.322 e. The van der Waals surface area contributed by atoms with E-state index < -0.39 is 0 Å². The second kappa shape index (κ2) is 9.04. The van der Waals surface area contributed by atoms with Gasteiger partial charge in [0, 0.05) is 12.6 Å². The summed E-state index contributed by atoms with van der Waals surface area (Å²) >= 11 is 6.25. The Bertz CT molecular complexity index is 924. The molecule has 1 atom stereocenters. The highest BCUT2D eigenvalue weighted by Crippen LogP contribution is 2.25. The maximum Gasteiger partial charge on any atom is 0.322 e. The van der Waals surface area contributed by atoms with E-state index in [9.17, 15) is 9.59 Å². The molecular formula is C21H27ClN6O2. The summed E-state index contributed by atoms with van der Waals surface area (Å²) < 4.78 is 1.65. The molecule has 8 nitrogen and oxygen atoms in total. The van der Waals surface area contributed by atoms with Crippen molar-refractivity contribution < 1.29 is 9.59 Å². The van der Waals surface area contributed by atoms with Crippen LogP contribution in [0, 0.1) is 6.92 Å². The summed E-state index contributed by atoms with van der Waals surface area (Å²) in [6.07, 6.45) is 7.82. The second-order valence-corrected chi connectivity index (χ2v) is 8.59. The summed E-state index contributed by atoms with van der Waals surface area (Å²) in [4.78, 5) is 27.0. The maximum absolute atomic E-state index is 12.8. The number of nitrogens with zero attached hydrogens (tertiary/aromatic N) is 4. The van der Waals surface area contributed by atoms with Crippen molar-refractivity contribution in [2.75, 3.05) is 11.9 Å². The first-order valence-corrected chi connectivity index (χ1v) is 10.9. The number of hydrogen-bond donors (Lipinski definition) is 2. The molecule has 0 radical (unpaired) electrons. The Morgan fingerprint density at radius 2 is 2.00 bits per heavy atom. The predicted octanol–water partition coefficient (Wildman–Crippen LogP) is 3.61. The van der Waals surface area contributed by atoms with Crippen molar-refractivity contribution in [1.29, 1.82) is 0 Å². The highest BCUT2D eigenvalue weighted by Gasteiger charge is 2.30. The first-order chi connectivity index (χ1) is 14.5. The summed E-state index contributed by atoms with van der Waals surface area (Å²) in [5, 5.41) is 14.6. The van der Waals surface area contributed by atoms with Gasteiger partial charge in [0.05, 0.1) is 29.5 Å². The molecule has 1 aromatic carbocycles. The van der Waals surface area contributed by atoms with Crippen molar-refractivity contribution in [3.63, 3.8) is 0 Å². The van der Waals surface area contributed by atoms with Crippen LogP contribution in [0.4, 0.5) is 10.5 Å². The zero-order valence-corrected chi connectivity index (χ0v) is 17.9. The number of nitrogens with one attached hydrogen (secondary N) is 2. The third kappa shape index (κ3) is 4.75. The third-order valence-electron chi connectivity index (χ3n) is 5.86. The number of likely N-dealkylation sites (tertiary alicyclic amines) is 1. The average Bonchev–Trinajstić information content (AvgIpc) is 3.46. The fraction of sp³-hybridized carbons (Fsp3) is 0.524. The zero-order valence-electron chi connectivity index (χ0n) is 17.1. The molecule has 160 valence electrons. The van der Waals surface area contributed by atoms with E-state index in [-0.39, 0.29) is 24.0 Å². The number of carbonyl (C=O) groups is 2. The van der Waals surface area contributed by atoms with E-state index in [4.69, 9.17) is 11.6 Å². The first kappa shape index (κ1) is 20.7. The van der Waals surface area contributed by atoms with Gasteiger partial charge in [-0.2, -0.15) is 0 Å². The molecule has 0 spiro atoms. The van der Waals surface area contributed by atoms with Crippen LogP contribution in [0.5, 0.6) is 0 Å². The Morgan fingerprint density at radius 3 is 2.77 bits per heavy atom. The van der Waals surface area contributed by atoms with Crippen LogP contribution in [-0.4, -0.2) is 50.5 Å². The van der Waals surface area contributed by atoms with Gasteiger partial charge in [-0.3, -0.25) is 4.79 Å². The molecule has 0 bridgehead atoms. The lowest BCUT2D eigenvalue weighted by molar-refractivity contribution is 0.0932. The molecule has 9 heteroatoms. The number of urea groups is 1. The molecule has 2 fully saturated rings. The van der Waals surface area contributed by atoms with E-state index in [1.165, 1.54) is 0 Å². The Labute approximate surface area is 181 Å². The SMILES string of the molecule is Cc1ccc(NC(=O)N2CCCC2Cn2cc(C(=O)NC3CCCC3)nn2)c(Cl)c1. The van der Waals surface area contributed by atoms with E-state index in [1.807, 2.05) is 25.1 Å². The van der Waals surface area contributed by atoms with Crippen LogP contribution < -0.4 is 10.6 Å². The molecule has 2 heterocycles. The molecule has 1 unspecified atom stereocenters. The van der Waals surface area contributed by atoms with Gasteiger partial charge in [0.1, 0.15) is 0 Å². The van der Waals surface area contributed by atoms with Crippen molar-refractivity contribution in [2.45, 2.75) is 64.1 Å². The number of anilines is 1. The van der Waals surface area contributed by atoms with Gasteiger partial charge in [-0.25, -0.2) is 9.48 Å². The van der Waals surface area contributed by atoms with Gasteiger partial charge in [-0.1, -0.05) is 35.7 Å². The lowest BCUT2D eigenvalue weighted by Gasteiger charge is -2.25. The van der Waals surface area contributed by atoms with E-state index in [0.29, 0.717) is 29.5 Å². The van der Waals surface area contributed by atoms with Crippen LogP contribution in [0.3, 0.4) is 0 Å². The van der Waals surface area contributed by atoms with Gasteiger partial charge in [-0.05, 0) is 50.3 Å². The Morgan fingerprint density at radius 1 is 1.20 bits per heavy atom. The first-order valence-electron chi connectivity index (χ1n) is 10.5. The Balaban J connectivity index is 1.36. The molecule has 1 saturated heterocycles. The lowest BCUT2D eigenvalue weighted by atomic mass is 10.2. The second-order valence-electron chi connectivity index (χ2n) is 8.18. The molecule has 2 aromatic rings. The highest BCUT2D eigenvalue weighted by atomic mass is 35.5. The largest absolute Gasteiger partial charge is 0.348 e. The fourth-order valence-corrected chi connectivity index (χ4v) is 4.52. The minimum absolute atomic E-state index is 0.0123. The van der Waals surface area contributed by atoms with Crippen LogP contribution in [0.15, 0.2) is 24.4 Å². The molecule has 1 aliphatic heterocycles. The number of rotatable bonds is 5. The van der Waals surface area contributed by atoms with Crippen LogP contribution in [-0.2, 0) is 6.54 Å². The molecule has 4 rings (SSSR count). The number of hydrogen-bond acceptors (Lipinski definition) is 4. The van der Waals surface area contributed by atoms with Gasteiger partial charge in [0.15, 0.2) is 5.69 Å². The molecule has 2 N–H and O–H groups in total. The predicted molar refractivity (Wildman–Crippen MR) is 115 cm³/mol. The minimum Gasteiger partial charge on any atom is -0.348 e. The number of carbonyl (C=O) groups excluding carboxylic acids is 2. The van der Waals surface area contributed by atoms with Gasteiger partial charge >= 0.3 is 6.03 Å². The Kier molecular flexibility index (Phi) is 6.22.